The predicted octanol–water partition coefficient (Wildman–Crippen LogP) is 4.73. The second kappa shape index (κ2) is 8.97. The Hall–Kier alpha value is -4.37. The predicted molar refractivity (Wildman–Crippen MR) is 117 cm³/mol. The number of H-pyrrole nitrogens is 1. The zero-order chi connectivity index (χ0) is 21.6. The number of carbonyl (C=O) groups is 1. The van der Waals surface area contributed by atoms with Crippen molar-refractivity contribution in [3.8, 4) is 6.07 Å². The number of fused-ring (bicyclic) bond motifs is 1. The number of carbonyl (C=O) groups excluding carboxylic acids is 1. The van der Waals surface area contributed by atoms with Gasteiger partial charge in [0.15, 0.2) is 11.6 Å². The van der Waals surface area contributed by atoms with Crippen molar-refractivity contribution >= 4 is 22.6 Å². The van der Waals surface area contributed by atoms with Crippen LogP contribution in [0.4, 0.5) is 0 Å². The van der Waals surface area contributed by atoms with Crippen LogP contribution in [0.3, 0.4) is 0 Å². The number of nitrogens with one attached hydrogen (secondary N) is 1. The monoisotopic (exact) mass is 409 g/mol. The van der Waals surface area contributed by atoms with Gasteiger partial charge in [-0.2, -0.15) is 5.26 Å². The van der Waals surface area contributed by atoms with E-state index in [-0.39, 0.29) is 17.2 Å². The third-order valence-electron chi connectivity index (χ3n) is 4.88. The molecule has 0 aliphatic heterocycles. The minimum atomic E-state index is -0.646. The summed E-state index contributed by atoms with van der Waals surface area (Å²) in [5.74, 6) is -1.31. The van der Waals surface area contributed by atoms with Crippen molar-refractivity contribution in [2.75, 3.05) is 6.61 Å². The number of aromatic amines is 1. The van der Waals surface area contributed by atoms with Gasteiger partial charge in [-0.25, -0.2) is 4.98 Å². The minimum absolute atomic E-state index is 0.0695. The maximum Gasteiger partial charge on any atom is 0.318 e. The SMILES string of the molecule is N#C/C(=C(/O)COC(=O)C(c1ccccc1)c1ccccc1)c1nc2ccccc2[nH]1. The van der Waals surface area contributed by atoms with Gasteiger partial charge in [-0.3, -0.25) is 4.79 Å². The molecule has 0 unspecified atom stereocenters. The first-order valence-corrected chi connectivity index (χ1v) is 9.71. The average Bonchev–Trinajstić information content (AvgIpc) is 3.23. The Balaban J connectivity index is 1.58. The smallest absolute Gasteiger partial charge is 0.318 e. The van der Waals surface area contributed by atoms with Gasteiger partial charge in [-0.1, -0.05) is 72.8 Å². The molecule has 3 aromatic carbocycles. The van der Waals surface area contributed by atoms with Crippen molar-refractivity contribution in [2.45, 2.75) is 5.92 Å². The number of nitrogens with zero attached hydrogens (tertiary/aromatic N) is 2. The number of hydrogen-bond acceptors (Lipinski definition) is 5. The van der Waals surface area contributed by atoms with E-state index in [4.69, 9.17) is 4.74 Å². The molecule has 6 heteroatoms. The molecule has 0 saturated heterocycles. The first-order chi connectivity index (χ1) is 15.2. The molecule has 1 heterocycles. The fraction of sp³-hybridized carbons (Fsp3) is 0.0800. The first kappa shape index (κ1) is 19.9. The summed E-state index contributed by atoms with van der Waals surface area (Å²) >= 11 is 0. The highest BCUT2D eigenvalue weighted by molar-refractivity contribution is 5.84. The first-order valence-electron chi connectivity index (χ1n) is 9.71. The number of esters is 1. The van der Waals surface area contributed by atoms with E-state index < -0.39 is 18.5 Å². The lowest BCUT2D eigenvalue weighted by molar-refractivity contribution is -0.144. The highest BCUT2D eigenvalue weighted by atomic mass is 16.5. The molecule has 0 saturated carbocycles. The lowest BCUT2D eigenvalue weighted by Gasteiger charge is -2.17. The van der Waals surface area contributed by atoms with E-state index in [1.807, 2.05) is 84.9 Å². The standard InChI is InChI=1S/C25H19N3O3/c26-15-19(24-27-20-13-7-8-14-21(20)28-24)22(29)16-31-25(30)23(17-9-3-1-4-10-17)18-11-5-2-6-12-18/h1-14,23,29H,16H2,(H,27,28)/b22-19-. The van der Waals surface area contributed by atoms with E-state index in [0.717, 1.165) is 16.6 Å². The Morgan fingerprint density at radius 1 is 0.968 bits per heavy atom. The van der Waals surface area contributed by atoms with Crippen molar-refractivity contribution in [1.29, 1.82) is 5.26 Å². The van der Waals surface area contributed by atoms with Crippen molar-refractivity contribution in [3.05, 3.63) is 108 Å². The highest BCUT2D eigenvalue weighted by Crippen LogP contribution is 2.26. The molecule has 4 rings (SSSR count). The summed E-state index contributed by atoms with van der Waals surface area (Å²) in [5, 5.41) is 20.0. The quantitative estimate of drug-likeness (QED) is 0.272. The second-order valence-corrected chi connectivity index (χ2v) is 6.90. The van der Waals surface area contributed by atoms with E-state index in [2.05, 4.69) is 9.97 Å². The largest absolute Gasteiger partial charge is 0.507 e. The second-order valence-electron chi connectivity index (χ2n) is 6.90. The number of hydrogen-bond donors (Lipinski definition) is 2. The highest BCUT2D eigenvalue weighted by Gasteiger charge is 2.25. The van der Waals surface area contributed by atoms with Gasteiger partial charge in [0.05, 0.1) is 11.0 Å². The molecule has 152 valence electrons. The molecule has 0 fully saturated rings. The van der Waals surface area contributed by atoms with Gasteiger partial charge in [-0.05, 0) is 23.3 Å². The molecule has 31 heavy (non-hydrogen) atoms. The molecular weight excluding hydrogens is 390 g/mol. The van der Waals surface area contributed by atoms with Crippen LogP contribution >= 0.6 is 0 Å². The summed E-state index contributed by atoms with van der Waals surface area (Å²) in [6, 6.07) is 27.8. The number of ether oxygens (including phenoxy) is 1. The van der Waals surface area contributed by atoms with E-state index >= 15 is 0 Å². The summed E-state index contributed by atoms with van der Waals surface area (Å²) in [5.41, 5.74) is 2.89. The summed E-state index contributed by atoms with van der Waals surface area (Å²) in [6.45, 7) is -0.436. The number of para-hydroxylation sites is 2. The van der Waals surface area contributed by atoms with Gasteiger partial charge in [0.2, 0.25) is 0 Å². The van der Waals surface area contributed by atoms with Gasteiger partial charge >= 0.3 is 5.97 Å². The molecule has 0 spiro atoms. The third kappa shape index (κ3) is 4.31. The topological polar surface area (TPSA) is 99.0 Å². The lowest BCUT2D eigenvalue weighted by Crippen LogP contribution is -2.19. The maximum absolute atomic E-state index is 13.0. The van der Waals surface area contributed by atoms with Crippen LogP contribution in [0, 0.1) is 11.3 Å². The molecule has 0 radical (unpaired) electrons. The van der Waals surface area contributed by atoms with Crippen LogP contribution in [0.25, 0.3) is 16.6 Å². The van der Waals surface area contributed by atoms with E-state index in [9.17, 15) is 15.2 Å². The van der Waals surface area contributed by atoms with Gasteiger partial charge in [0.25, 0.3) is 0 Å². The number of nitriles is 1. The molecule has 0 aliphatic carbocycles. The third-order valence-corrected chi connectivity index (χ3v) is 4.88. The van der Waals surface area contributed by atoms with Crippen LogP contribution in [0.1, 0.15) is 22.9 Å². The minimum Gasteiger partial charge on any atom is -0.507 e. The van der Waals surface area contributed by atoms with Gasteiger partial charge in [0.1, 0.15) is 24.2 Å². The number of allylic oxidation sites excluding steroid dienone is 1. The molecule has 0 bridgehead atoms. The fourth-order valence-electron chi connectivity index (χ4n) is 3.38. The number of imidazole rings is 1. The number of aliphatic hydroxyl groups excluding tert-OH is 1. The number of rotatable bonds is 6. The number of aliphatic hydroxyl groups is 1. The van der Waals surface area contributed by atoms with Crippen LogP contribution in [0.2, 0.25) is 0 Å². The van der Waals surface area contributed by atoms with Crippen molar-refractivity contribution < 1.29 is 14.6 Å². The van der Waals surface area contributed by atoms with Gasteiger partial charge in [-0.15, -0.1) is 0 Å². The van der Waals surface area contributed by atoms with Crippen LogP contribution in [0.5, 0.6) is 0 Å². The zero-order valence-corrected chi connectivity index (χ0v) is 16.5. The summed E-state index contributed by atoms with van der Waals surface area (Å²) in [6.07, 6.45) is 0. The molecule has 2 N–H and O–H groups in total. The van der Waals surface area contributed by atoms with Crippen LogP contribution < -0.4 is 0 Å². The van der Waals surface area contributed by atoms with E-state index in [1.165, 1.54) is 0 Å². The van der Waals surface area contributed by atoms with Gasteiger partial charge in [0, 0.05) is 0 Å². The fourth-order valence-corrected chi connectivity index (χ4v) is 3.38. The molecule has 0 atom stereocenters. The summed E-state index contributed by atoms with van der Waals surface area (Å²) < 4.78 is 5.41. The molecule has 6 nitrogen and oxygen atoms in total. The van der Waals surface area contributed by atoms with Crippen LogP contribution in [-0.4, -0.2) is 27.7 Å². The molecule has 0 aliphatic rings. The number of aromatic nitrogens is 2. The van der Waals surface area contributed by atoms with Gasteiger partial charge < -0.3 is 14.8 Å². The Morgan fingerprint density at radius 3 is 2.13 bits per heavy atom. The maximum atomic E-state index is 13.0. The van der Waals surface area contributed by atoms with E-state index in [1.54, 1.807) is 6.07 Å². The lowest BCUT2D eigenvalue weighted by atomic mass is 9.91. The normalized spacial score (nSPS) is 11.7. The summed E-state index contributed by atoms with van der Waals surface area (Å²) in [4.78, 5) is 20.3. The average molecular weight is 409 g/mol. The van der Waals surface area contributed by atoms with Crippen molar-refractivity contribution in [3.63, 3.8) is 0 Å². The molecule has 0 amide bonds. The molecule has 4 aromatic rings. The zero-order valence-electron chi connectivity index (χ0n) is 16.5. The molecular formula is C25H19N3O3. The number of benzene rings is 3. The molecule has 1 aromatic heterocycles. The Morgan fingerprint density at radius 2 is 1.55 bits per heavy atom. The van der Waals surface area contributed by atoms with Crippen molar-refractivity contribution in [2.24, 2.45) is 0 Å². The van der Waals surface area contributed by atoms with Crippen LogP contribution in [-0.2, 0) is 9.53 Å². The Labute approximate surface area is 179 Å². The van der Waals surface area contributed by atoms with Crippen LogP contribution in [0.15, 0.2) is 90.7 Å². The summed E-state index contributed by atoms with van der Waals surface area (Å²) in [7, 11) is 0. The van der Waals surface area contributed by atoms with Crippen molar-refractivity contribution in [1.82, 2.24) is 9.97 Å². The van der Waals surface area contributed by atoms with E-state index in [0.29, 0.717) is 5.52 Å². The Bertz CT molecular complexity index is 1200. The Kier molecular flexibility index (Phi) is 5.77.